The Morgan fingerprint density at radius 3 is 2.75 bits per heavy atom. The van der Waals surface area contributed by atoms with E-state index in [1.807, 2.05) is 27.1 Å². The average Bonchev–Trinajstić information content (AvgIpc) is 3.09. The third-order valence-corrected chi connectivity index (χ3v) is 4.29. The number of hydrogen-bond donors (Lipinski definition) is 1. The highest BCUT2D eigenvalue weighted by Crippen LogP contribution is 2.28. The molecule has 0 amide bonds. The summed E-state index contributed by atoms with van der Waals surface area (Å²) in [6.45, 7) is 6.87. The molecular weight excluding hydrogens is 356 g/mol. The molecule has 1 N–H and O–H groups in total. The second-order valence-corrected chi connectivity index (χ2v) is 6.41. The number of benzene rings is 1. The number of methoxy groups -OCH3 is 1. The molecule has 1 heterocycles. The van der Waals surface area contributed by atoms with E-state index in [1.54, 1.807) is 18.1 Å². The summed E-state index contributed by atoms with van der Waals surface area (Å²) in [5.41, 5.74) is 1.22. The Morgan fingerprint density at radius 2 is 2.11 bits per heavy atom. The zero-order chi connectivity index (χ0) is 20.4. The van der Waals surface area contributed by atoms with Crippen LogP contribution in [0, 0.1) is 0 Å². The van der Waals surface area contributed by atoms with Gasteiger partial charge in [-0.05, 0) is 44.4 Å². The standard InChI is InChI=1S/C20H32N6O2/c1-6-21-20(25(3)14-19-23-15-24-26(19)4)22-12-8-9-16-10-11-17(27-5)18(13-16)28-7-2/h10-11,13,15H,6-9,12,14H2,1-5H3,(H,21,22). The van der Waals surface area contributed by atoms with Crippen LogP contribution in [0.25, 0.3) is 0 Å². The first-order valence-electron chi connectivity index (χ1n) is 9.71. The molecule has 0 radical (unpaired) electrons. The Morgan fingerprint density at radius 1 is 1.29 bits per heavy atom. The third kappa shape index (κ3) is 6.14. The van der Waals surface area contributed by atoms with Crippen molar-refractivity contribution in [1.82, 2.24) is 25.0 Å². The molecule has 1 aromatic carbocycles. The molecule has 0 aliphatic rings. The molecule has 0 fully saturated rings. The van der Waals surface area contributed by atoms with Crippen LogP contribution in [-0.2, 0) is 20.0 Å². The van der Waals surface area contributed by atoms with Crippen LogP contribution in [0.5, 0.6) is 11.5 Å². The molecule has 0 aliphatic heterocycles. The van der Waals surface area contributed by atoms with Crippen molar-refractivity contribution in [2.75, 3.05) is 33.9 Å². The minimum atomic E-state index is 0.619. The fraction of sp³-hybridized carbons (Fsp3) is 0.550. The highest BCUT2D eigenvalue weighted by atomic mass is 16.5. The molecule has 1 aromatic heterocycles. The second-order valence-electron chi connectivity index (χ2n) is 6.41. The Balaban J connectivity index is 1.93. The zero-order valence-corrected chi connectivity index (χ0v) is 17.6. The normalized spacial score (nSPS) is 11.4. The Hall–Kier alpha value is -2.77. The maximum Gasteiger partial charge on any atom is 0.194 e. The molecule has 0 saturated carbocycles. The predicted molar refractivity (Wildman–Crippen MR) is 111 cm³/mol. The largest absolute Gasteiger partial charge is 0.493 e. The van der Waals surface area contributed by atoms with Crippen molar-refractivity contribution in [3.8, 4) is 11.5 Å². The summed E-state index contributed by atoms with van der Waals surface area (Å²) in [5, 5.41) is 7.45. The van der Waals surface area contributed by atoms with Gasteiger partial charge in [0.05, 0.1) is 20.3 Å². The molecule has 8 nitrogen and oxygen atoms in total. The van der Waals surface area contributed by atoms with E-state index in [-0.39, 0.29) is 0 Å². The van der Waals surface area contributed by atoms with Gasteiger partial charge in [0, 0.05) is 27.2 Å². The first-order valence-corrected chi connectivity index (χ1v) is 9.71. The number of aryl methyl sites for hydroxylation is 2. The van der Waals surface area contributed by atoms with Crippen molar-refractivity contribution in [1.29, 1.82) is 0 Å². The second kappa shape index (κ2) is 11.2. The molecule has 8 heteroatoms. The first-order chi connectivity index (χ1) is 13.6. The molecule has 0 aliphatic carbocycles. The van der Waals surface area contributed by atoms with Crippen molar-refractivity contribution >= 4 is 5.96 Å². The predicted octanol–water partition coefficient (Wildman–Crippen LogP) is 2.25. The molecule has 0 bridgehead atoms. The topological polar surface area (TPSA) is 76.8 Å². The van der Waals surface area contributed by atoms with E-state index < -0.39 is 0 Å². The molecule has 0 saturated heterocycles. The average molecular weight is 389 g/mol. The SMILES string of the molecule is CCNC(=NCCCc1ccc(OC)c(OCC)c1)N(C)Cc1ncnn1C. The lowest BCUT2D eigenvalue weighted by Gasteiger charge is -2.21. The molecule has 0 unspecified atom stereocenters. The van der Waals surface area contributed by atoms with Gasteiger partial charge in [0.25, 0.3) is 0 Å². The van der Waals surface area contributed by atoms with E-state index in [0.717, 1.165) is 49.2 Å². The molecular formula is C20H32N6O2. The van der Waals surface area contributed by atoms with E-state index in [4.69, 9.17) is 14.5 Å². The third-order valence-electron chi connectivity index (χ3n) is 4.29. The fourth-order valence-electron chi connectivity index (χ4n) is 2.83. The number of aliphatic imine (C=N–C) groups is 1. The van der Waals surface area contributed by atoms with Gasteiger partial charge in [0.1, 0.15) is 12.2 Å². The van der Waals surface area contributed by atoms with Crippen LogP contribution >= 0.6 is 0 Å². The number of nitrogens with one attached hydrogen (secondary N) is 1. The van der Waals surface area contributed by atoms with Gasteiger partial charge in [-0.2, -0.15) is 5.10 Å². The lowest BCUT2D eigenvalue weighted by atomic mass is 10.1. The summed E-state index contributed by atoms with van der Waals surface area (Å²) >= 11 is 0. The summed E-state index contributed by atoms with van der Waals surface area (Å²) in [6.07, 6.45) is 3.45. The van der Waals surface area contributed by atoms with Crippen molar-refractivity contribution in [3.63, 3.8) is 0 Å². The Bertz CT molecular complexity index is 759. The highest BCUT2D eigenvalue weighted by Gasteiger charge is 2.10. The number of aromatic nitrogens is 3. The zero-order valence-electron chi connectivity index (χ0n) is 17.6. The van der Waals surface area contributed by atoms with Gasteiger partial charge in [0.15, 0.2) is 17.5 Å². The lowest BCUT2D eigenvalue weighted by Crippen LogP contribution is -2.39. The number of hydrogen-bond acceptors (Lipinski definition) is 5. The van der Waals surface area contributed by atoms with Gasteiger partial charge >= 0.3 is 0 Å². The van der Waals surface area contributed by atoms with Crippen LogP contribution in [-0.4, -0.2) is 59.5 Å². The summed E-state index contributed by atoms with van der Waals surface area (Å²) < 4.78 is 12.8. The fourth-order valence-corrected chi connectivity index (χ4v) is 2.83. The van der Waals surface area contributed by atoms with E-state index in [1.165, 1.54) is 5.56 Å². The number of guanidine groups is 1. The summed E-state index contributed by atoms with van der Waals surface area (Å²) in [4.78, 5) is 11.1. The van der Waals surface area contributed by atoms with Crippen LogP contribution in [0.2, 0.25) is 0 Å². The maximum absolute atomic E-state index is 5.65. The number of ether oxygens (including phenoxy) is 2. The van der Waals surface area contributed by atoms with Crippen LogP contribution in [0.3, 0.4) is 0 Å². The molecule has 2 aromatic rings. The molecule has 28 heavy (non-hydrogen) atoms. The van der Waals surface area contributed by atoms with Crippen LogP contribution in [0.1, 0.15) is 31.7 Å². The summed E-state index contributed by atoms with van der Waals surface area (Å²) in [7, 11) is 5.56. The Labute approximate surface area is 167 Å². The highest BCUT2D eigenvalue weighted by molar-refractivity contribution is 5.79. The van der Waals surface area contributed by atoms with Crippen molar-refractivity contribution in [2.24, 2.45) is 12.0 Å². The smallest absolute Gasteiger partial charge is 0.194 e. The van der Waals surface area contributed by atoms with Gasteiger partial charge in [-0.25, -0.2) is 4.98 Å². The maximum atomic E-state index is 5.65. The van der Waals surface area contributed by atoms with Gasteiger partial charge < -0.3 is 19.7 Å². The van der Waals surface area contributed by atoms with Crippen molar-refractivity contribution in [3.05, 3.63) is 35.9 Å². The monoisotopic (exact) mass is 388 g/mol. The molecule has 154 valence electrons. The van der Waals surface area contributed by atoms with Crippen LogP contribution in [0.15, 0.2) is 29.5 Å². The minimum absolute atomic E-state index is 0.619. The summed E-state index contributed by atoms with van der Waals surface area (Å²) in [5.74, 6) is 3.33. The van der Waals surface area contributed by atoms with Gasteiger partial charge in [-0.1, -0.05) is 6.07 Å². The number of nitrogens with zero attached hydrogens (tertiary/aromatic N) is 5. The van der Waals surface area contributed by atoms with Gasteiger partial charge in [-0.3, -0.25) is 9.67 Å². The summed E-state index contributed by atoms with van der Waals surface area (Å²) in [6, 6.07) is 6.09. The number of rotatable bonds is 10. The van der Waals surface area contributed by atoms with Gasteiger partial charge in [0.2, 0.25) is 0 Å². The van der Waals surface area contributed by atoms with Crippen molar-refractivity contribution in [2.45, 2.75) is 33.2 Å². The first kappa shape index (κ1) is 21.5. The molecule has 0 spiro atoms. The van der Waals surface area contributed by atoms with E-state index in [2.05, 4.69) is 39.4 Å². The van der Waals surface area contributed by atoms with Crippen LogP contribution < -0.4 is 14.8 Å². The molecule has 0 atom stereocenters. The van der Waals surface area contributed by atoms with E-state index in [9.17, 15) is 0 Å². The minimum Gasteiger partial charge on any atom is -0.493 e. The van der Waals surface area contributed by atoms with Crippen molar-refractivity contribution < 1.29 is 9.47 Å². The Kier molecular flexibility index (Phi) is 8.58. The van der Waals surface area contributed by atoms with Gasteiger partial charge in [-0.15, -0.1) is 0 Å². The van der Waals surface area contributed by atoms with E-state index >= 15 is 0 Å². The quantitative estimate of drug-likeness (QED) is 0.382. The van der Waals surface area contributed by atoms with E-state index in [0.29, 0.717) is 13.2 Å². The molecule has 2 rings (SSSR count). The lowest BCUT2D eigenvalue weighted by molar-refractivity contribution is 0.310. The van der Waals surface area contributed by atoms with Crippen LogP contribution in [0.4, 0.5) is 0 Å².